The molecule has 1 aromatic rings. The van der Waals surface area contributed by atoms with Gasteiger partial charge in [0.1, 0.15) is 12.4 Å². The van der Waals surface area contributed by atoms with Crippen LogP contribution < -0.4 is 0 Å². The molecule has 0 aliphatic rings. The number of benzene rings is 1. The summed E-state index contributed by atoms with van der Waals surface area (Å²) in [6.07, 6.45) is -0.300. The molecule has 0 aromatic heterocycles. The van der Waals surface area contributed by atoms with Gasteiger partial charge in [-0.2, -0.15) is 0 Å². The van der Waals surface area contributed by atoms with Gasteiger partial charge in [-0.1, -0.05) is 74.4 Å². The van der Waals surface area contributed by atoms with E-state index in [2.05, 4.69) is 34.6 Å². The van der Waals surface area contributed by atoms with Crippen LogP contribution in [0, 0.1) is 0 Å². The fraction of sp³-hybridized carbons (Fsp3) is 0.708. The lowest BCUT2D eigenvalue weighted by Crippen LogP contribution is -2.46. The Bertz CT molecular complexity index is 817. The molecule has 1 aromatic carbocycles. The monoisotopic (exact) mass is 454 g/mol. The number of hydrogen-bond acceptors (Lipinski definition) is 4. The van der Waals surface area contributed by atoms with Crippen molar-refractivity contribution >= 4 is 24.4 Å². The van der Waals surface area contributed by atoms with Gasteiger partial charge in [0.15, 0.2) is 18.2 Å². The van der Waals surface area contributed by atoms with Crippen LogP contribution in [0.2, 0.25) is 18.1 Å². The Kier molecular flexibility index (Phi) is 8.71. The maximum atomic E-state index is 13.6. The molecule has 0 spiro atoms. The Morgan fingerprint density at radius 2 is 1.37 bits per heavy atom. The molecule has 0 radical (unpaired) electrons. The predicted octanol–water partition coefficient (Wildman–Crippen LogP) is 6.42. The SMILES string of the molecule is CC(C)c1cc(C(C)C)c(S(=O)(=O)C[C@H](C=O)O[Si](C)(C)C(C)(C)C)c(C(C)C)c1. The van der Waals surface area contributed by atoms with Crippen LogP contribution >= 0.6 is 0 Å². The summed E-state index contributed by atoms with van der Waals surface area (Å²) < 4.78 is 33.5. The van der Waals surface area contributed by atoms with E-state index in [1.54, 1.807) is 0 Å². The summed E-state index contributed by atoms with van der Waals surface area (Å²) >= 11 is 0. The average molecular weight is 455 g/mol. The summed E-state index contributed by atoms with van der Waals surface area (Å²) in [5.41, 5.74) is 2.81. The standard InChI is InChI=1S/C24H42O4SSi/c1-16(2)19-12-21(17(3)4)23(22(13-19)18(5)6)29(26,27)15-20(14-25)28-30(10,11)24(7,8)9/h12-14,16-18,20H,15H2,1-11H3/t20-/m0/s1. The van der Waals surface area contributed by atoms with Crippen molar-refractivity contribution in [3.05, 3.63) is 28.8 Å². The topological polar surface area (TPSA) is 60.4 Å². The molecule has 0 aliphatic heterocycles. The van der Waals surface area contributed by atoms with Crippen LogP contribution in [0.25, 0.3) is 0 Å². The molecule has 172 valence electrons. The lowest BCUT2D eigenvalue weighted by Gasteiger charge is -2.38. The number of hydrogen-bond donors (Lipinski definition) is 0. The first-order valence-corrected chi connectivity index (χ1v) is 15.5. The molecule has 0 heterocycles. The maximum absolute atomic E-state index is 13.6. The molecule has 1 atom stereocenters. The summed E-state index contributed by atoms with van der Waals surface area (Å²) in [5.74, 6) is 0.106. The van der Waals surface area contributed by atoms with E-state index in [0.29, 0.717) is 17.1 Å². The molecule has 4 nitrogen and oxygen atoms in total. The molecule has 0 N–H and O–H groups in total. The second-order valence-electron chi connectivity index (χ2n) is 10.8. The van der Waals surface area contributed by atoms with Crippen molar-refractivity contribution in [2.75, 3.05) is 5.75 Å². The molecule has 6 heteroatoms. The van der Waals surface area contributed by atoms with Crippen LogP contribution in [0.5, 0.6) is 0 Å². The minimum Gasteiger partial charge on any atom is -0.406 e. The summed E-state index contributed by atoms with van der Waals surface area (Å²) in [4.78, 5) is 12.2. The summed E-state index contributed by atoms with van der Waals surface area (Å²) in [5, 5.41) is -0.108. The Morgan fingerprint density at radius 1 is 0.933 bits per heavy atom. The van der Waals surface area contributed by atoms with E-state index in [4.69, 9.17) is 4.43 Å². The zero-order valence-electron chi connectivity index (χ0n) is 20.8. The maximum Gasteiger partial charge on any atom is 0.193 e. The zero-order valence-corrected chi connectivity index (χ0v) is 22.6. The fourth-order valence-corrected chi connectivity index (χ4v) is 6.63. The third kappa shape index (κ3) is 6.27. The Hall–Kier alpha value is -0.983. The van der Waals surface area contributed by atoms with E-state index in [1.807, 2.05) is 52.9 Å². The third-order valence-electron chi connectivity index (χ3n) is 6.18. The highest BCUT2D eigenvalue weighted by atomic mass is 32.2. The van der Waals surface area contributed by atoms with Crippen molar-refractivity contribution in [1.82, 2.24) is 0 Å². The molecule has 1 rings (SSSR count). The van der Waals surface area contributed by atoms with E-state index >= 15 is 0 Å². The largest absolute Gasteiger partial charge is 0.406 e. The fourth-order valence-electron chi connectivity index (χ4n) is 3.20. The molecular weight excluding hydrogens is 412 g/mol. The number of rotatable bonds is 9. The number of sulfone groups is 1. The van der Waals surface area contributed by atoms with Crippen molar-refractivity contribution in [1.29, 1.82) is 0 Å². The molecule has 0 amide bonds. The number of carbonyl (C=O) groups excluding carboxylic acids is 1. The van der Waals surface area contributed by atoms with Crippen LogP contribution in [-0.2, 0) is 19.1 Å². The Balaban J connectivity index is 3.55. The van der Waals surface area contributed by atoms with E-state index in [0.717, 1.165) is 16.7 Å². The van der Waals surface area contributed by atoms with Crippen LogP contribution in [0.4, 0.5) is 0 Å². The van der Waals surface area contributed by atoms with E-state index in [1.165, 1.54) is 0 Å². The zero-order chi connectivity index (χ0) is 23.7. The van der Waals surface area contributed by atoms with Crippen molar-refractivity contribution in [2.24, 2.45) is 0 Å². The van der Waals surface area contributed by atoms with Gasteiger partial charge in [0.2, 0.25) is 0 Å². The minimum absolute atomic E-state index is 0.0574. The minimum atomic E-state index is -3.72. The summed E-state index contributed by atoms with van der Waals surface area (Å²) in [7, 11) is -6.00. The van der Waals surface area contributed by atoms with Gasteiger partial charge in [-0.15, -0.1) is 0 Å². The van der Waals surface area contributed by atoms with E-state index in [9.17, 15) is 13.2 Å². The highest BCUT2D eigenvalue weighted by Gasteiger charge is 2.40. The first-order valence-electron chi connectivity index (χ1n) is 11.0. The lowest BCUT2D eigenvalue weighted by molar-refractivity contribution is -0.113. The highest BCUT2D eigenvalue weighted by molar-refractivity contribution is 7.91. The molecular formula is C24H42O4SSi. The predicted molar refractivity (Wildman–Crippen MR) is 129 cm³/mol. The average Bonchev–Trinajstić information content (AvgIpc) is 2.58. The van der Waals surface area contributed by atoms with Crippen molar-refractivity contribution in [3.63, 3.8) is 0 Å². The summed E-state index contributed by atoms with van der Waals surface area (Å²) in [6, 6.07) is 4.05. The molecule has 0 unspecified atom stereocenters. The second-order valence-corrected chi connectivity index (χ2v) is 17.6. The Labute approximate surface area is 185 Å². The second kappa shape index (κ2) is 9.66. The van der Waals surface area contributed by atoms with Crippen LogP contribution in [-0.4, -0.2) is 34.9 Å². The van der Waals surface area contributed by atoms with Crippen LogP contribution in [0.3, 0.4) is 0 Å². The van der Waals surface area contributed by atoms with Gasteiger partial charge in [-0.3, -0.25) is 0 Å². The number of aldehydes is 1. The quantitative estimate of drug-likeness (QED) is 0.319. The smallest absolute Gasteiger partial charge is 0.193 e. The van der Waals surface area contributed by atoms with Crippen LogP contribution in [0.15, 0.2) is 17.0 Å². The van der Waals surface area contributed by atoms with E-state index in [-0.39, 0.29) is 22.6 Å². The van der Waals surface area contributed by atoms with Gasteiger partial charge in [0, 0.05) is 0 Å². The first-order chi connectivity index (χ1) is 13.4. The van der Waals surface area contributed by atoms with E-state index < -0.39 is 24.3 Å². The third-order valence-corrected chi connectivity index (χ3v) is 12.5. The van der Waals surface area contributed by atoms with Gasteiger partial charge in [0.25, 0.3) is 0 Å². The van der Waals surface area contributed by atoms with Gasteiger partial charge < -0.3 is 9.22 Å². The molecule has 0 saturated heterocycles. The van der Waals surface area contributed by atoms with Crippen molar-refractivity contribution < 1.29 is 17.6 Å². The van der Waals surface area contributed by atoms with Gasteiger partial charge in [0.05, 0.1) is 10.6 Å². The molecule has 0 fully saturated rings. The lowest BCUT2D eigenvalue weighted by atomic mass is 9.89. The van der Waals surface area contributed by atoms with Crippen molar-refractivity contribution in [2.45, 2.75) is 109 Å². The molecule has 30 heavy (non-hydrogen) atoms. The van der Waals surface area contributed by atoms with Gasteiger partial charge >= 0.3 is 0 Å². The molecule has 0 bridgehead atoms. The first kappa shape index (κ1) is 27.1. The van der Waals surface area contributed by atoms with Gasteiger partial charge in [-0.05, 0) is 52.6 Å². The normalized spacial score (nSPS) is 14.6. The molecule has 0 aliphatic carbocycles. The number of carbonyl (C=O) groups is 1. The highest BCUT2D eigenvalue weighted by Crippen LogP contribution is 2.39. The van der Waals surface area contributed by atoms with Crippen LogP contribution in [0.1, 0.15) is 96.8 Å². The summed E-state index contributed by atoms with van der Waals surface area (Å²) in [6.45, 7) is 22.6. The van der Waals surface area contributed by atoms with Crippen molar-refractivity contribution in [3.8, 4) is 0 Å². The van der Waals surface area contributed by atoms with Gasteiger partial charge in [-0.25, -0.2) is 8.42 Å². The molecule has 0 saturated carbocycles. The Morgan fingerprint density at radius 3 is 1.67 bits per heavy atom.